The zero-order valence-corrected chi connectivity index (χ0v) is 13.4. The Hall–Kier alpha value is -1.89. The van der Waals surface area contributed by atoms with Gasteiger partial charge in [0.15, 0.2) is 5.78 Å². The lowest BCUT2D eigenvalue weighted by atomic mass is 9.86. The van der Waals surface area contributed by atoms with E-state index in [-0.39, 0.29) is 11.2 Å². The summed E-state index contributed by atoms with van der Waals surface area (Å²) in [4.78, 5) is 12.2. The van der Waals surface area contributed by atoms with Gasteiger partial charge in [-0.25, -0.2) is 0 Å². The molecule has 21 heavy (non-hydrogen) atoms. The summed E-state index contributed by atoms with van der Waals surface area (Å²) in [6, 6.07) is 16.4. The van der Waals surface area contributed by atoms with Crippen molar-refractivity contribution in [3.8, 4) is 0 Å². The Bertz CT molecular complexity index is 598. The first-order valence-corrected chi connectivity index (χ1v) is 7.55. The Balaban J connectivity index is 1.97. The van der Waals surface area contributed by atoms with E-state index in [1.54, 1.807) is 0 Å². The van der Waals surface area contributed by atoms with Crippen LogP contribution in [0.1, 0.15) is 54.2 Å². The Morgan fingerprint density at radius 3 is 2.00 bits per heavy atom. The Morgan fingerprint density at radius 1 is 0.905 bits per heavy atom. The van der Waals surface area contributed by atoms with E-state index in [2.05, 4.69) is 45.0 Å². The second kappa shape index (κ2) is 6.26. The van der Waals surface area contributed by atoms with Crippen LogP contribution in [0.2, 0.25) is 0 Å². The zero-order chi connectivity index (χ0) is 15.5. The molecule has 0 bridgehead atoms. The summed E-state index contributed by atoms with van der Waals surface area (Å²) in [5.41, 5.74) is 4.73. The summed E-state index contributed by atoms with van der Waals surface area (Å²) in [7, 11) is 0. The van der Waals surface area contributed by atoms with Gasteiger partial charge in [0, 0.05) is 12.0 Å². The highest BCUT2D eigenvalue weighted by Gasteiger charge is 2.13. The van der Waals surface area contributed by atoms with Crippen LogP contribution in [-0.2, 0) is 11.8 Å². The number of benzene rings is 2. The largest absolute Gasteiger partial charge is 0.294 e. The molecule has 0 saturated heterocycles. The van der Waals surface area contributed by atoms with E-state index in [1.807, 2.05) is 31.2 Å². The molecular formula is C20H24O. The molecule has 0 aliphatic heterocycles. The van der Waals surface area contributed by atoms with E-state index < -0.39 is 0 Å². The molecule has 0 aliphatic rings. The highest BCUT2D eigenvalue weighted by molar-refractivity contribution is 5.96. The van der Waals surface area contributed by atoms with Gasteiger partial charge in [0.05, 0.1) is 0 Å². The normalized spacial score (nSPS) is 11.4. The number of carbonyl (C=O) groups excluding carboxylic acids is 1. The molecule has 0 amide bonds. The highest BCUT2D eigenvalue weighted by atomic mass is 16.1. The maximum atomic E-state index is 12.2. The van der Waals surface area contributed by atoms with Crippen molar-refractivity contribution in [1.82, 2.24) is 0 Å². The van der Waals surface area contributed by atoms with Crippen LogP contribution in [0, 0.1) is 6.92 Å². The minimum atomic E-state index is 0.177. The first-order valence-electron chi connectivity index (χ1n) is 7.55. The average molecular weight is 280 g/mol. The third kappa shape index (κ3) is 4.29. The fourth-order valence-electron chi connectivity index (χ4n) is 2.31. The van der Waals surface area contributed by atoms with Crippen LogP contribution in [-0.4, -0.2) is 5.78 Å². The quantitative estimate of drug-likeness (QED) is 0.711. The third-order valence-electron chi connectivity index (χ3n) is 3.83. The highest BCUT2D eigenvalue weighted by Crippen LogP contribution is 2.22. The molecule has 0 aliphatic carbocycles. The number of carbonyl (C=O) groups is 1. The molecule has 0 atom stereocenters. The van der Waals surface area contributed by atoms with E-state index >= 15 is 0 Å². The van der Waals surface area contributed by atoms with Crippen LogP contribution in [0.3, 0.4) is 0 Å². The Labute approximate surface area is 128 Å². The molecule has 2 aromatic rings. The maximum Gasteiger partial charge on any atom is 0.163 e. The van der Waals surface area contributed by atoms with Crippen LogP contribution in [0.25, 0.3) is 0 Å². The molecule has 0 radical (unpaired) electrons. The molecule has 0 aromatic heterocycles. The molecule has 0 spiro atoms. The molecule has 0 N–H and O–H groups in total. The predicted molar refractivity (Wildman–Crippen MR) is 89.0 cm³/mol. The number of ketones is 1. The molecule has 0 saturated carbocycles. The lowest BCUT2D eigenvalue weighted by Gasteiger charge is -2.19. The molecule has 1 nitrogen and oxygen atoms in total. The third-order valence-corrected chi connectivity index (χ3v) is 3.83. The summed E-state index contributed by atoms with van der Waals surface area (Å²) >= 11 is 0. The van der Waals surface area contributed by atoms with E-state index in [4.69, 9.17) is 0 Å². The van der Waals surface area contributed by atoms with E-state index in [0.717, 1.165) is 12.0 Å². The van der Waals surface area contributed by atoms with Crippen molar-refractivity contribution >= 4 is 5.78 Å². The van der Waals surface area contributed by atoms with Gasteiger partial charge in [-0.2, -0.15) is 0 Å². The summed E-state index contributed by atoms with van der Waals surface area (Å²) in [6.45, 7) is 8.67. The van der Waals surface area contributed by atoms with Crippen LogP contribution < -0.4 is 0 Å². The van der Waals surface area contributed by atoms with Gasteiger partial charge in [-0.1, -0.05) is 74.9 Å². The molecule has 0 heterocycles. The number of rotatable bonds is 4. The maximum absolute atomic E-state index is 12.2. The smallest absolute Gasteiger partial charge is 0.163 e. The molecular weight excluding hydrogens is 256 g/mol. The number of hydrogen-bond acceptors (Lipinski definition) is 1. The van der Waals surface area contributed by atoms with E-state index in [1.165, 1.54) is 16.7 Å². The van der Waals surface area contributed by atoms with Gasteiger partial charge in [0.25, 0.3) is 0 Å². The first kappa shape index (κ1) is 15.5. The van der Waals surface area contributed by atoms with Crippen LogP contribution in [0.5, 0.6) is 0 Å². The standard InChI is InChI=1S/C20H24O/c1-15-5-10-17(11-6-15)19(21)14-9-16-7-12-18(13-8-16)20(2,3)4/h5-8,10-13H,9,14H2,1-4H3. The van der Waals surface area contributed by atoms with Crippen molar-refractivity contribution in [3.05, 3.63) is 70.8 Å². The SMILES string of the molecule is Cc1ccc(C(=O)CCc2ccc(C(C)(C)C)cc2)cc1. The lowest BCUT2D eigenvalue weighted by molar-refractivity contribution is 0.0983. The fraction of sp³-hybridized carbons (Fsp3) is 0.350. The van der Waals surface area contributed by atoms with E-state index in [0.29, 0.717) is 6.42 Å². The summed E-state index contributed by atoms with van der Waals surface area (Å²) in [5.74, 6) is 0.217. The average Bonchev–Trinajstić information content (AvgIpc) is 2.45. The van der Waals surface area contributed by atoms with Crippen molar-refractivity contribution in [2.45, 2.75) is 46.0 Å². The number of hydrogen-bond donors (Lipinski definition) is 0. The minimum absolute atomic E-state index is 0.177. The fourth-order valence-corrected chi connectivity index (χ4v) is 2.31. The van der Waals surface area contributed by atoms with Crippen molar-refractivity contribution < 1.29 is 4.79 Å². The molecule has 2 rings (SSSR count). The van der Waals surface area contributed by atoms with Crippen molar-refractivity contribution in [2.24, 2.45) is 0 Å². The van der Waals surface area contributed by atoms with Gasteiger partial charge in [-0.15, -0.1) is 0 Å². The van der Waals surface area contributed by atoms with Gasteiger partial charge in [-0.3, -0.25) is 4.79 Å². The van der Waals surface area contributed by atoms with Crippen LogP contribution in [0.15, 0.2) is 48.5 Å². The second-order valence-electron chi connectivity index (χ2n) is 6.74. The summed E-state index contributed by atoms with van der Waals surface area (Å²) < 4.78 is 0. The van der Waals surface area contributed by atoms with Crippen molar-refractivity contribution in [3.63, 3.8) is 0 Å². The predicted octanol–water partition coefficient (Wildman–Crippen LogP) is 5.11. The lowest BCUT2D eigenvalue weighted by Crippen LogP contribution is -2.10. The molecule has 0 fully saturated rings. The summed E-state index contributed by atoms with van der Waals surface area (Å²) in [6.07, 6.45) is 1.37. The molecule has 1 heteroatoms. The van der Waals surface area contributed by atoms with Crippen molar-refractivity contribution in [1.29, 1.82) is 0 Å². The number of Topliss-reactive ketones (excluding diaryl/α,β-unsaturated/α-hetero) is 1. The Kier molecular flexibility index (Phi) is 4.62. The Morgan fingerprint density at radius 2 is 1.48 bits per heavy atom. The van der Waals surface area contributed by atoms with Crippen LogP contribution in [0.4, 0.5) is 0 Å². The van der Waals surface area contributed by atoms with Crippen LogP contribution >= 0.6 is 0 Å². The van der Waals surface area contributed by atoms with Gasteiger partial charge in [0.1, 0.15) is 0 Å². The monoisotopic (exact) mass is 280 g/mol. The zero-order valence-electron chi connectivity index (χ0n) is 13.4. The van der Waals surface area contributed by atoms with Gasteiger partial charge in [-0.05, 0) is 29.9 Å². The van der Waals surface area contributed by atoms with Gasteiger partial charge < -0.3 is 0 Å². The minimum Gasteiger partial charge on any atom is -0.294 e. The molecule has 110 valence electrons. The second-order valence-corrected chi connectivity index (χ2v) is 6.74. The molecule has 0 unspecified atom stereocenters. The van der Waals surface area contributed by atoms with Crippen molar-refractivity contribution in [2.75, 3.05) is 0 Å². The number of aryl methyl sites for hydroxylation is 2. The topological polar surface area (TPSA) is 17.1 Å². The molecule has 2 aromatic carbocycles. The first-order chi connectivity index (χ1) is 9.86. The van der Waals surface area contributed by atoms with Gasteiger partial charge in [0.2, 0.25) is 0 Å². The summed E-state index contributed by atoms with van der Waals surface area (Å²) in [5, 5.41) is 0. The van der Waals surface area contributed by atoms with Gasteiger partial charge >= 0.3 is 0 Å². The van der Waals surface area contributed by atoms with E-state index in [9.17, 15) is 4.79 Å².